The second-order valence-electron chi connectivity index (χ2n) is 3.88. The number of nitrogens with two attached hydrogens (primary N) is 1. The molecule has 0 spiro atoms. The molecule has 0 aromatic heterocycles. The van der Waals surface area contributed by atoms with E-state index in [0.717, 1.165) is 15.6 Å². The van der Waals surface area contributed by atoms with E-state index in [1.165, 1.54) is 0 Å². The summed E-state index contributed by atoms with van der Waals surface area (Å²) in [6, 6.07) is 12.7. The van der Waals surface area contributed by atoms with Crippen molar-refractivity contribution in [3.63, 3.8) is 0 Å². The van der Waals surface area contributed by atoms with Gasteiger partial charge in [-0.3, -0.25) is 0 Å². The monoisotopic (exact) mass is 337 g/mol. The predicted octanol–water partition coefficient (Wildman–Crippen LogP) is 3.37. The fourth-order valence-corrected chi connectivity index (χ4v) is 2.18. The number of halogens is 1. The highest BCUT2D eigenvalue weighted by atomic mass is 79.9. The molecule has 0 heterocycles. The number of thiocarbonyl (C=S) groups is 1. The van der Waals surface area contributed by atoms with Crippen LogP contribution in [-0.4, -0.2) is 10.1 Å². The maximum absolute atomic E-state index is 9.26. The van der Waals surface area contributed by atoms with Crippen LogP contribution in [0.4, 0.5) is 0 Å². The number of aliphatic hydroxyl groups excluding tert-OH is 1. The minimum atomic E-state index is -0.0707. The Morgan fingerprint density at radius 1 is 1.21 bits per heavy atom. The molecule has 0 saturated carbocycles. The van der Waals surface area contributed by atoms with Crippen molar-refractivity contribution in [2.45, 2.75) is 6.61 Å². The summed E-state index contributed by atoms with van der Waals surface area (Å²) in [5, 5.41) is 9.26. The van der Waals surface area contributed by atoms with E-state index < -0.39 is 0 Å². The SMILES string of the molecule is NC(=S)c1ccc(Oc2ccccc2CO)c(Br)c1. The van der Waals surface area contributed by atoms with Gasteiger partial charge >= 0.3 is 0 Å². The molecule has 98 valence electrons. The molecule has 0 saturated heterocycles. The third kappa shape index (κ3) is 3.32. The van der Waals surface area contributed by atoms with Gasteiger partial charge in [-0.15, -0.1) is 0 Å². The standard InChI is InChI=1S/C14H12BrNO2S/c15-11-7-9(14(16)19)5-6-13(11)18-12-4-2-1-3-10(12)8-17/h1-7,17H,8H2,(H2,16,19). The summed E-state index contributed by atoms with van der Waals surface area (Å²) in [7, 11) is 0. The number of rotatable bonds is 4. The first kappa shape index (κ1) is 14.0. The second kappa shape index (κ2) is 6.14. The summed E-state index contributed by atoms with van der Waals surface area (Å²) in [4.78, 5) is 0.336. The van der Waals surface area contributed by atoms with E-state index in [1.807, 2.05) is 18.2 Å². The molecule has 2 rings (SSSR count). The van der Waals surface area contributed by atoms with Crippen molar-refractivity contribution in [2.24, 2.45) is 5.73 Å². The van der Waals surface area contributed by atoms with E-state index in [1.54, 1.807) is 24.3 Å². The Hall–Kier alpha value is -1.43. The van der Waals surface area contributed by atoms with Crippen molar-refractivity contribution < 1.29 is 9.84 Å². The Labute approximate surface area is 125 Å². The molecule has 0 aliphatic carbocycles. The highest BCUT2D eigenvalue weighted by Crippen LogP contribution is 2.32. The lowest BCUT2D eigenvalue weighted by Crippen LogP contribution is -2.09. The fourth-order valence-electron chi connectivity index (χ4n) is 1.59. The molecular formula is C14H12BrNO2S. The Morgan fingerprint density at radius 2 is 1.95 bits per heavy atom. The van der Waals surface area contributed by atoms with E-state index in [9.17, 15) is 5.11 Å². The van der Waals surface area contributed by atoms with Gasteiger partial charge in [0.25, 0.3) is 0 Å². The van der Waals surface area contributed by atoms with Crippen LogP contribution < -0.4 is 10.5 Å². The molecule has 0 aliphatic rings. The van der Waals surface area contributed by atoms with Crippen LogP contribution in [0.15, 0.2) is 46.9 Å². The maximum atomic E-state index is 9.26. The van der Waals surface area contributed by atoms with Crippen LogP contribution in [0.3, 0.4) is 0 Å². The molecule has 0 atom stereocenters. The predicted molar refractivity (Wildman–Crippen MR) is 82.5 cm³/mol. The van der Waals surface area contributed by atoms with Crippen molar-refractivity contribution >= 4 is 33.1 Å². The third-order valence-electron chi connectivity index (χ3n) is 2.58. The third-order valence-corrected chi connectivity index (χ3v) is 3.43. The normalized spacial score (nSPS) is 10.2. The quantitative estimate of drug-likeness (QED) is 0.840. The smallest absolute Gasteiger partial charge is 0.141 e. The zero-order valence-electron chi connectivity index (χ0n) is 9.97. The van der Waals surface area contributed by atoms with Gasteiger partial charge in [0.05, 0.1) is 11.1 Å². The van der Waals surface area contributed by atoms with Crippen LogP contribution in [0.2, 0.25) is 0 Å². The largest absolute Gasteiger partial charge is 0.456 e. The molecule has 0 fully saturated rings. The van der Waals surface area contributed by atoms with Crippen molar-refractivity contribution in [3.8, 4) is 11.5 Å². The first-order valence-corrected chi connectivity index (χ1v) is 6.78. The van der Waals surface area contributed by atoms with E-state index in [-0.39, 0.29) is 6.61 Å². The molecule has 0 amide bonds. The van der Waals surface area contributed by atoms with Gasteiger partial charge in [0, 0.05) is 11.1 Å². The number of ether oxygens (including phenoxy) is 1. The summed E-state index contributed by atoms with van der Waals surface area (Å²) in [5.74, 6) is 1.26. The first-order chi connectivity index (χ1) is 9.11. The molecule has 2 aromatic rings. The van der Waals surface area contributed by atoms with Crippen LogP contribution in [0.25, 0.3) is 0 Å². The summed E-state index contributed by atoms with van der Waals surface area (Å²) in [6.45, 7) is -0.0707. The van der Waals surface area contributed by atoms with Gasteiger partial charge in [-0.05, 0) is 40.2 Å². The molecular weight excluding hydrogens is 326 g/mol. The molecule has 0 unspecified atom stereocenters. The lowest BCUT2D eigenvalue weighted by molar-refractivity contribution is 0.276. The minimum Gasteiger partial charge on any atom is -0.456 e. The number of benzene rings is 2. The van der Waals surface area contributed by atoms with Gasteiger partial charge in [0.1, 0.15) is 16.5 Å². The average Bonchev–Trinajstić information content (AvgIpc) is 2.41. The Morgan fingerprint density at radius 3 is 2.58 bits per heavy atom. The summed E-state index contributed by atoms with van der Waals surface area (Å²) >= 11 is 8.33. The van der Waals surface area contributed by atoms with E-state index >= 15 is 0 Å². The molecule has 0 bridgehead atoms. The van der Waals surface area contributed by atoms with Gasteiger partial charge in [-0.1, -0.05) is 30.4 Å². The molecule has 3 N–H and O–H groups in total. The number of para-hydroxylation sites is 1. The lowest BCUT2D eigenvalue weighted by atomic mass is 10.2. The van der Waals surface area contributed by atoms with E-state index in [0.29, 0.717) is 16.5 Å². The Bertz CT molecular complexity index is 616. The highest BCUT2D eigenvalue weighted by Gasteiger charge is 2.08. The molecule has 3 nitrogen and oxygen atoms in total. The van der Waals surface area contributed by atoms with Crippen LogP contribution in [0.1, 0.15) is 11.1 Å². The van der Waals surface area contributed by atoms with Crippen molar-refractivity contribution in [3.05, 3.63) is 58.1 Å². The molecule has 0 radical (unpaired) electrons. The summed E-state index contributed by atoms with van der Waals surface area (Å²) in [5.41, 5.74) is 7.07. The van der Waals surface area contributed by atoms with Crippen molar-refractivity contribution in [2.75, 3.05) is 0 Å². The fraction of sp³-hybridized carbons (Fsp3) is 0.0714. The zero-order valence-corrected chi connectivity index (χ0v) is 12.4. The molecule has 5 heteroatoms. The molecule has 0 aliphatic heterocycles. The van der Waals surface area contributed by atoms with Gasteiger partial charge in [0.2, 0.25) is 0 Å². The maximum Gasteiger partial charge on any atom is 0.141 e. The average molecular weight is 338 g/mol. The van der Waals surface area contributed by atoms with Gasteiger partial charge in [-0.2, -0.15) is 0 Å². The highest BCUT2D eigenvalue weighted by molar-refractivity contribution is 9.10. The molecule has 2 aromatic carbocycles. The Kier molecular flexibility index (Phi) is 4.52. The van der Waals surface area contributed by atoms with Crippen LogP contribution in [0.5, 0.6) is 11.5 Å². The van der Waals surface area contributed by atoms with E-state index in [4.69, 9.17) is 22.7 Å². The van der Waals surface area contributed by atoms with Crippen molar-refractivity contribution in [1.82, 2.24) is 0 Å². The van der Waals surface area contributed by atoms with Crippen LogP contribution in [0, 0.1) is 0 Å². The summed E-state index contributed by atoms with van der Waals surface area (Å²) < 4.78 is 6.53. The van der Waals surface area contributed by atoms with Gasteiger partial charge < -0.3 is 15.6 Å². The minimum absolute atomic E-state index is 0.0707. The Balaban J connectivity index is 2.31. The van der Waals surface area contributed by atoms with Crippen LogP contribution >= 0.6 is 28.1 Å². The lowest BCUT2D eigenvalue weighted by Gasteiger charge is -2.11. The topological polar surface area (TPSA) is 55.5 Å². The van der Waals surface area contributed by atoms with Crippen molar-refractivity contribution in [1.29, 1.82) is 0 Å². The molecule has 19 heavy (non-hydrogen) atoms. The van der Waals surface area contributed by atoms with Gasteiger partial charge in [0.15, 0.2) is 0 Å². The van der Waals surface area contributed by atoms with Crippen LogP contribution in [-0.2, 0) is 6.61 Å². The number of hydrogen-bond donors (Lipinski definition) is 2. The summed E-state index contributed by atoms with van der Waals surface area (Å²) in [6.07, 6.45) is 0. The second-order valence-corrected chi connectivity index (χ2v) is 5.17. The van der Waals surface area contributed by atoms with E-state index in [2.05, 4.69) is 15.9 Å². The van der Waals surface area contributed by atoms with Gasteiger partial charge in [-0.25, -0.2) is 0 Å². The first-order valence-electron chi connectivity index (χ1n) is 5.58. The number of hydrogen-bond acceptors (Lipinski definition) is 3. The zero-order chi connectivity index (χ0) is 13.8. The number of aliphatic hydroxyl groups is 1.